The van der Waals surface area contributed by atoms with Crippen molar-refractivity contribution in [3.8, 4) is 0 Å². The van der Waals surface area contributed by atoms with Crippen molar-refractivity contribution in [2.24, 2.45) is 0 Å². The molecule has 0 radical (unpaired) electrons. The van der Waals surface area contributed by atoms with Crippen LogP contribution in [0.1, 0.15) is 36.9 Å². The Kier molecular flexibility index (Phi) is 4.69. The molecule has 19 heavy (non-hydrogen) atoms. The highest BCUT2D eigenvalue weighted by atomic mass is 19.1. The zero-order valence-electron chi connectivity index (χ0n) is 11.4. The highest BCUT2D eigenvalue weighted by Crippen LogP contribution is 2.31. The maximum atomic E-state index is 14.0. The molecule has 0 aliphatic carbocycles. The van der Waals surface area contributed by atoms with Crippen LogP contribution in [0.5, 0.6) is 0 Å². The molecule has 0 spiro atoms. The van der Waals surface area contributed by atoms with Gasteiger partial charge in [0.2, 0.25) is 0 Å². The van der Waals surface area contributed by atoms with Crippen LogP contribution in [0, 0.1) is 5.82 Å². The van der Waals surface area contributed by atoms with Crippen molar-refractivity contribution >= 4 is 0 Å². The molecule has 0 fully saturated rings. The second kappa shape index (κ2) is 6.48. The Bertz CT molecular complexity index is 510. The van der Waals surface area contributed by atoms with Crippen LogP contribution in [0.4, 0.5) is 4.39 Å². The topological polar surface area (TPSA) is 12.0 Å². The molecular formula is C17H20FN. The van der Waals surface area contributed by atoms with Crippen LogP contribution in [0.2, 0.25) is 0 Å². The molecule has 0 saturated heterocycles. The lowest BCUT2D eigenvalue weighted by molar-refractivity contribution is 0.456. The van der Waals surface area contributed by atoms with E-state index in [4.69, 9.17) is 0 Å². The maximum absolute atomic E-state index is 14.0. The SMILES string of the molecule is CCNC(c1ccccc1F)C(C)c1ccccc1. The molecule has 2 rings (SSSR count). The first kappa shape index (κ1) is 13.8. The number of rotatable bonds is 5. The first-order valence-electron chi connectivity index (χ1n) is 6.76. The molecule has 2 heteroatoms. The van der Waals surface area contributed by atoms with Gasteiger partial charge < -0.3 is 5.32 Å². The predicted octanol–water partition coefficient (Wildman–Crippen LogP) is 4.28. The smallest absolute Gasteiger partial charge is 0.127 e. The number of hydrogen-bond acceptors (Lipinski definition) is 1. The minimum absolute atomic E-state index is 0.00593. The van der Waals surface area contributed by atoms with E-state index in [0.717, 1.165) is 12.1 Å². The number of likely N-dealkylation sites (N-methyl/N-ethyl adjacent to an activating group) is 1. The fourth-order valence-electron chi connectivity index (χ4n) is 2.45. The van der Waals surface area contributed by atoms with E-state index in [2.05, 4.69) is 24.4 Å². The van der Waals surface area contributed by atoms with Crippen LogP contribution in [0.25, 0.3) is 0 Å². The first-order valence-corrected chi connectivity index (χ1v) is 6.76. The molecule has 2 unspecified atom stereocenters. The van der Waals surface area contributed by atoms with Gasteiger partial charge in [-0.3, -0.25) is 0 Å². The minimum Gasteiger partial charge on any atom is -0.310 e. The summed E-state index contributed by atoms with van der Waals surface area (Å²) in [6.07, 6.45) is 0. The molecule has 0 bridgehead atoms. The molecule has 100 valence electrons. The first-order chi connectivity index (χ1) is 9.24. The van der Waals surface area contributed by atoms with Crippen molar-refractivity contribution < 1.29 is 4.39 Å². The van der Waals surface area contributed by atoms with Gasteiger partial charge in [0.05, 0.1) is 0 Å². The highest BCUT2D eigenvalue weighted by Gasteiger charge is 2.22. The summed E-state index contributed by atoms with van der Waals surface area (Å²) in [6, 6.07) is 17.2. The van der Waals surface area contributed by atoms with Crippen LogP contribution in [-0.2, 0) is 0 Å². The van der Waals surface area contributed by atoms with Crippen LogP contribution in [0.15, 0.2) is 54.6 Å². The number of halogens is 1. The van der Waals surface area contributed by atoms with Crippen molar-refractivity contribution in [3.63, 3.8) is 0 Å². The second-order valence-electron chi connectivity index (χ2n) is 4.76. The van der Waals surface area contributed by atoms with Crippen LogP contribution in [-0.4, -0.2) is 6.54 Å². The zero-order chi connectivity index (χ0) is 13.7. The number of nitrogens with one attached hydrogen (secondary N) is 1. The predicted molar refractivity (Wildman–Crippen MR) is 77.7 cm³/mol. The third kappa shape index (κ3) is 3.21. The van der Waals surface area contributed by atoms with Crippen LogP contribution >= 0.6 is 0 Å². The molecule has 0 aromatic heterocycles. The molecule has 0 aliphatic rings. The summed E-state index contributed by atoms with van der Waals surface area (Å²) in [5.41, 5.74) is 1.96. The van der Waals surface area contributed by atoms with Gasteiger partial charge in [0, 0.05) is 17.5 Å². The van der Waals surface area contributed by atoms with E-state index in [-0.39, 0.29) is 17.8 Å². The van der Waals surface area contributed by atoms with Crippen molar-refractivity contribution in [1.29, 1.82) is 0 Å². The maximum Gasteiger partial charge on any atom is 0.127 e. The van der Waals surface area contributed by atoms with E-state index < -0.39 is 0 Å². The molecule has 0 heterocycles. The molecule has 2 aromatic rings. The van der Waals surface area contributed by atoms with Gasteiger partial charge in [-0.2, -0.15) is 0 Å². The fraction of sp³-hybridized carbons (Fsp3) is 0.294. The molecular weight excluding hydrogens is 237 g/mol. The standard InChI is InChI=1S/C17H20FN/c1-3-19-17(15-11-7-8-12-16(15)18)13(2)14-9-5-4-6-10-14/h4-13,17,19H,3H2,1-2H3. The lowest BCUT2D eigenvalue weighted by atomic mass is 9.88. The number of hydrogen-bond donors (Lipinski definition) is 1. The van der Waals surface area contributed by atoms with Gasteiger partial charge in [0.15, 0.2) is 0 Å². The Morgan fingerprint density at radius 3 is 2.26 bits per heavy atom. The molecule has 0 amide bonds. The largest absolute Gasteiger partial charge is 0.310 e. The van der Waals surface area contributed by atoms with Gasteiger partial charge in [-0.25, -0.2) is 4.39 Å². The summed E-state index contributed by atoms with van der Waals surface area (Å²) in [4.78, 5) is 0. The zero-order valence-corrected chi connectivity index (χ0v) is 11.4. The van der Waals surface area contributed by atoms with Crippen molar-refractivity contribution in [3.05, 3.63) is 71.5 Å². The van der Waals surface area contributed by atoms with Crippen molar-refractivity contribution in [2.75, 3.05) is 6.54 Å². The Hall–Kier alpha value is -1.67. The fourth-order valence-corrected chi connectivity index (χ4v) is 2.45. The Morgan fingerprint density at radius 2 is 1.63 bits per heavy atom. The monoisotopic (exact) mass is 257 g/mol. The minimum atomic E-state index is -0.142. The third-order valence-corrected chi connectivity index (χ3v) is 3.49. The summed E-state index contributed by atoms with van der Waals surface area (Å²) in [7, 11) is 0. The van der Waals surface area contributed by atoms with Gasteiger partial charge in [-0.15, -0.1) is 0 Å². The van der Waals surface area contributed by atoms with Crippen LogP contribution in [0.3, 0.4) is 0 Å². The molecule has 0 aliphatic heterocycles. The lowest BCUT2D eigenvalue weighted by Crippen LogP contribution is -2.26. The average Bonchev–Trinajstić information content (AvgIpc) is 2.46. The molecule has 0 saturated carbocycles. The molecule has 1 nitrogen and oxygen atoms in total. The quantitative estimate of drug-likeness (QED) is 0.843. The molecule has 1 N–H and O–H groups in total. The van der Waals surface area contributed by atoms with Gasteiger partial charge in [-0.1, -0.05) is 62.4 Å². The van der Waals surface area contributed by atoms with Crippen LogP contribution < -0.4 is 5.32 Å². The second-order valence-corrected chi connectivity index (χ2v) is 4.76. The Labute approximate surface area is 114 Å². The number of benzene rings is 2. The molecule has 2 aromatic carbocycles. The summed E-state index contributed by atoms with van der Waals surface area (Å²) in [6.45, 7) is 5.00. The lowest BCUT2D eigenvalue weighted by Gasteiger charge is -2.26. The van der Waals surface area contributed by atoms with Gasteiger partial charge in [0.1, 0.15) is 5.82 Å². The van der Waals surface area contributed by atoms with E-state index in [1.54, 1.807) is 6.07 Å². The van der Waals surface area contributed by atoms with Gasteiger partial charge in [-0.05, 0) is 18.2 Å². The van der Waals surface area contributed by atoms with E-state index in [1.807, 2.05) is 37.3 Å². The Morgan fingerprint density at radius 1 is 1.00 bits per heavy atom. The highest BCUT2D eigenvalue weighted by molar-refractivity contribution is 5.28. The van der Waals surface area contributed by atoms with E-state index in [9.17, 15) is 4.39 Å². The van der Waals surface area contributed by atoms with E-state index >= 15 is 0 Å². The van der Waals surface area contributed by atoms with E-state index in [1.165, 1.54) is 11.6 Å². The average molecular weight is 257 g/mol. The summed E-state index contributed by atoms with van der Waals surface area (Å²) in [5, 5.41) is 3.40. The van der Waals surface area contributed by atoms with Crippen molar-refractivity contribution in [1.82, 2.24) is 5.32 Å². The Balaban J connectivity index is 2.33. The van der Waals surface area contributed by atoms with Gasteiger partial charge >= 0.3 is 0 Å². The summed E-state index contributed by atoms with van der Waals surface area (Å²) in [5.74, 6) is 0.0780. The normalized spacial score (nSPS) is 14.1. The third-order valence-electron chi connectivity index (χ3n) is 3.49. The van der Waals surface area contributed by atoms with Gasteiger partial charge in [0.25, 0.3) is 0 Å². The summed E-state index contributed by atoms with van der Waals surface area (Å²) < 4.78 is 14.0. The molecule has 2 atom stereocenters. The summed E-state index contributed by atoms with van der Waals surface area (Å²) >= 11 is 0. The van der Waals surface area contributed by atoms with E-state index in [0.29, 0.717) is 0 Å². The van der Waals surface area contributed by atoms with Crippen molar-refractivity contribution in [2.45, 2.75) is 25.8 Å².